The summed E-state index contributed by atoms with van der Waals surface area (Å²) < 4.78 is 6.97. The van der Waals surface area contributed by atoms with Crippen LogP contribution < -0.4 is 0 Å². The highest BCUT2D eigenvalue weighted by molar-refractivity contribution is 14.1. The minimum atomic E-state index is 0.557. The fourth-order valence-electron chi connectivity index (χ4n) is 3.03. The molecule has 0 aromatic heterocycles. The van der Waals surface area contributed by atoms with E-state index in [1.807, 2.05) is 0 Å². The Morgan fingerprint density at radius 2 is 1.44 bits per heavy atom. The third-order valence-corrected chi connectivity index (χ3v) is 5.57. The number of halogens is 1. The lowest BCUT2D eigenvalue weighted by atomic mass is 9.98. The number of hydrogen-bond acceptors (Lipinski definition) is 1. The monoisotopic (exact) mass is 336 g/mol. The first kappa shape index (κ1) is 13.1. The SMILES string of the molecule is IC1CCCCCCC1OCC1CCCC1. The summed E-state index contributed by atoms with van der Waals surface area (Å²) in [5, 5.41) is 0. The lowest BCUT2D eigenvalue weighted by Gasteiger charge is -2.26. The second-order valence-electron chi connectivity index (χ2n) is 5.53. The van der Waals surface area contributed by atoms with E-state index in [4.69, 9.17) is 4.74 Å². The summed E-state index contributed by atoms with van der Waals surface area (Å²) in [7, 11) is 0. The summed E-state index contributed by atoms with van der Waals surface area (Å²) in [6.07, 6.45) is 14.6. The van der Waals surface area contributed by atoms with Crippen LogP contribution in [0.5, 0.6) is 0 Å². The molecule has 2 unspecified atom stereocenters. The minimum absolute atomic E-state index is 0.557. The van der Waals surface area contributed by atoms with Gasteiger partial charge in [-0.25, -0.2) is 0 Å². The Morgan fingerprint density at radius 1 is 0.812 bits per heavy atom. The maximum Gasteiger partial charge on any atom is 0.0692 e. The molecule has 2 aliphatic carbocycles. The first-order valence-corrected chi connectivity index (χ1v) is 8.36. The molecule has 0 amide bonds. The summed E-state index contributed by atoms with van der Waals surface area (Å²) in [4.78, 5) is 0. The van der Waals surface area contributed by atoms with Crippen molar-refractivity contribution in [2.45, 2.75) is 74.2 Å². The summed E-state index contributed by atoms with van der Waals surface area (Å²) >= 11 is 2.62. The van der Waals surface area contributed by atoms with Gasteiger partial charge in [-0.2, -0.15) is 0 Å². The molecular formula is C14H25IO. The van der Waals surface area contributed by atoms with Crippen molar-refractivity contribution in [3.63, 3.8) is 0 Å². The Bertz CT molecular complexity index is 189. The van der Waals surface area contributed by atoms with E-state index in [0.717, 1.165) is 16.4 Å². The van der Waals surface area contributed by atoms with E-state index in [-0.39, 0.29) is 0 Å². The largest absolute Gasteiger partial charge is 0.377 e. The second-order valence-corrected chi connectivity index (χ2v) is 7.13. The van der Waals surface area contributed by atoms with Crippen LogP contribution >= 0.6 is 22.6 Å². The molecule has 0 aliphatic heterocycles. The number of hydrogen-bond donors (Lipinski definition) is 0. The van der Waals surface area contributed by atoms with Crippen molar-refractivity contribution in [1.82, 2.24) is 0 Å². The van der Waals surface area contributed by atoms with Crippen molar-refractivity contribution >= 4 is 22.6 Å². The van der Waals surface area contributed by atoms with Crippen LogP contribution in [0.3, 0.4) is 0 Å². The van der Waals surface area contributed by atoms with Crippen molar-refractivity contribution < 1.29 is 4.74 Å². The molecule has 2 saturated carbocycles. The zero-order valence-corrected chi connectivity index (χ0v) is 12.5. The molecule has 0 aromatic carbocycles. The Kier molecular flexibility index (Phi) is 5.91. The van der Waals surface area contributed by atoms with Crippen LogP contribution in [0.2, 0.25) is 0 Å². The fourth-order valence-corrected chi connectivity index (χ4v) is 4.04. The highest BCUT2D eigenvalue weighted by atomic mass is 127. The van der Waals surface area contributed by atoms with Crippen molar-refractivity contribution in [3.8, 4) is 0 Å². The van der Waals surface area contributed by atoms with E-state index in [0.29, 0.717) is 6.10 Å². The van der Waals surface area contributed by atoms with Gasteiger partial charge in [0, 0.05) is 10.5 Å². The minimum Gasteiger partial charge on any atom is -0.377 e. The first-order valence-electron chi connectivity index (χ1n) is 7.12. The fraction of sp³-hybridized carbons (Fsp3) is 1.00. The van der Waals surface area contributed by atoms with E-state index in [1.165, 1.54) is 64.2 Å². The van der Waals surface area contributed by atoms with Crippen LogP contribution in [0, 0.1) is 5.92 Å². The molecule has 94 valence electrons. The molecule has 2 aliphatic rings. The van der Waals surface area contributed by atoms with E-state index in [9.17, 15) is 0 Å². The first-order chi connectivity index (χ1) is 7.86. The zero-order valence-electron chi connectivity index (χ0n) is 10.3. The highest BCUT2D eigenvalue weighted by Gasteiger charge is 2.23. The molecule has 0 bridgehead atoms. The van der Waals surface area contributed by atoms with Crippen molar-refractivity contribution in [1.29, 1.82) is 0 Å². The predicted molar refractivity (Wildman–Crippen MR) is 77.2 cm³/mol. The molecule has 0 spiro atoms. The number of ether oxygens (including phenoxy) is 1. The van der Waals surface area contributed by atoms with E-state index in [2.05, 4.69) is 22.6 Å². The van der Waals surface area contributed by atoms with Crippen LogP contribution in [-0.2, 0) is 4.74 Å². The standard InChI is InChI=1S/C14H25IO/c15-13-9-3-1-2-4-10-14(13)16-11-12-7-5-6-8-12/h12-14H,1-11H2. The summed E-state index contributed by atoms with van der Waals surface area (Å²) in [6.45, 7) is 1.05. The Morgan fingerprint density at radius 3 is 2.19 bits per heavy atom. The number of rotatable bonds is 3. The molecule has 2 fully saturated rings. The van der Waals surface area contributed by atoms with Crippen molar-refractivity contribution in [2.24, 2.45) is 5.92 Å². The average Bonchev–Trinajstić information content (AvgIpc) is 2.76. The summed E-state index contributed by atoms with van der Waals surface area (Å²) in [5.74, 6) is 0.883. The van der Waals surface area contributed by atoms with E-state index >= 15 is 0 Å². The molecule has 2 heteroatoms. The normalized spacial score (nSPS) is 33.6. The average molecular weight is 336 g/mol. The number of alkyl halides is 1. The van der Waals surface area contributed by atoms with E-state index < -0.39 is 0 Å². The van der Waals surface area contributed by atoms with Gasteiger partial charge in [-0.3, -0.25) is 0 Å². The van der Waals surface area contributed by atoms with Crippen molar-refractivity contribution in [3.05, 3.63) is 0 Å². The van der Waals surface area contributed by atoms with Crippen molar-refractivity contribution in [2.75, 3.05) is 6.61 Å². The second kappa shape index (κ2) is 7.20. The molecule has 16 heavy (non-hydrogen) atoms. The molecule has 0 saturated heterocycles. The quantitative estimate of drug-likeness (QED) is 0.535. The molecule has 0 heterocycles. The molecular weight excluding hydrogens is 311 g/mol. The van der Waals surface area contributed by atoms with Gasteiger partial charge < -0.3 is 4.74 Å². The van der Waals surface area contributed by atoms with Gasteiger partial charge >= 0.3 is 0 Å². The van der Waals surface area contributed by atoms with Gasteiger partial charge in [0.1, 0.15) is 0 Å². The third kappa shape index (κ3) is 4.17. The molecule has 2 rings (SSSR count). The van der Waals surface area contributed by atoms with Crippen LogP contribution in [0.15, 0.2) is 0 Å². The lowest BCUT2D eigenvalue weighted by molar-refractivity contribution is 0.0217. The van der Waals surface area contributed by atoms with Crippen LogP contribution in [0.1, 0.15) is 64.2 Å². The highest BCUT2D eigenvalue weighted by Crippen LogP contribution is 2.29. The molecule has 2 atom stereocenters. The Labute approximate surface area is 114 Å². The van der Waals surface area contributed by atoms with Gasteiger partial charge in [0.2, 0.25) is 0 Å². The van der Waals surface area contributed by atoms with Gasteiger partial charge in [0.25, 0.3) is 0 Å². The Balaban J connectivity index is 1.71. The van der Waals surface area contributed by atoms with Gasteiger partial charge in [-0.05, 0) is 31.6 Å². The van der Waals surface area contributed by atoms with Crippen LogP contribution in [-0.4, -0.2) is 16.6 Å². The molecule has 0 aromatic rings. The van der Waals surface area contributed by atoms with Gasteiger partial charge in [0.05, 0.1) is 6.10 Å². The topological polar surface area (TPSA) is 9.23 Å². The Hall–Kier alpha value is 0.690. The maximum atomic E-state index is 6.21. The van der Waals surface area contributed by atoms with Gasteiger partial charge in [-0.15, -0.1) is 0 Å². The van der Waals surface area contributed by atoms with Crippen LogP contribution in [0.4, 0.5) is 0 Å². The van der Waals surface area contributed by atoms with E-state index in [1.54, 1.807) is 0 Å². The predicted octanol–water partition coefficient (Wildman–Crippen LogP) is 4.72. The summed E-state index contributed by atoms with van der Waals surface area (Å²) in [5.41, 5.74) is 0. The maximum absolute atomic E-state index is 6.21. The smallest absolute Gasteiger partial charge is 0.0692 e. The molecule has 0 N–H and O–H groups in total. The van der Waals surface area contributed by atoms with Gasteiger partial charge in [0.15, 0.2) is 0 Å². The lowest BCUT2D eigenvalue weighted by Crippen LogP contribution is -2.27. The molecule has 0 radical (unpaired) electrons. The molecule has 1 nitrogen and oxygen atoms in total. The third-order valence-electron chi connectivity index (χ3n) is 4.14. The van der Waals surface area contributed by atoms with Gasteiger partial charge in [-0.1, -0.05) is 61.1 Å². The van der Waals surface area contributed by atoms with Crippen LogP contribution in [0.25, 0.3) is 0 Å². The zero-order chi connectivity index (χ0) is 11.2. The summed E-state index contributed by atoms with van der Waals surface area (Å²) in [6, 6.07) is 0.